The molecule has 0 saturated carbocycles. The lowest BCUT2D eigenvalue weighted by Crippen LogP contribution is -2.18. The SMILES string of the molecule is Clc1ccc2c(Nc3ccc(Cl)c(CN4CCCC4)c3)ccnc2c1. The lowest BCUT2D eigenvalue weighted by Gasteiger charge is -2.17. The number of pyridine rings is 1. The highest BCUT2D eigenvalue weighted by molar-refractivity contribution is 6.31. The molecular formula is C20H19Cl2N3. The van der Waals surface area contributed by atoms with Crippen molar-refractivity contribution in [3.8, 4) is 0 Å². The molecule has 0 radical (unpaired) electrons. The largest absolute Gasteiger partial charge is 0.355 e. The van der Waals surface area contributed by atoms with Gasteiger partial charge in [0.2, 0.25) is 0 Å². The molecule has 0 aliphatic carbocycles. The molecule has 1 saturated heterocycles. The molecule has 128 valence electrons. The Morgan fingerprint density at radius 1 is 1.00 bits per heavy atom. The highest BCUT2D eigenvalue weighted by atomic mass is 35.5. The Kier molecular flexibility index (Phi) is 4.80. The van der Waals surface area contributed by atoms with E-state index in [-0.39, 0.29) is 0 Å². The summed E-state index contributed by atoms with van der Waals surface area (Å²) < 4.78 is 0. The predicted octanol–water partition coefficient (Wildman–Crippen LogP) is 5.88. The maximum absolute atomic E-state index is 6.41. The number of rotatable bonds is 4. The fraction of sp³-hybridized carbons (Fsp3) is 0.250. The van der Waals surface area contributed by atoms with E-state index in [1.807, 2.05) is 36.4 Å². The molecule has 0 bridgehead atoms. The molecule has 0 amide bonds. The first-order chi connectivity index (χ1) is 12.2. The highest BCUT2D eigenvalue weighted by Crippen LogP contribution is 2.29. The van der Waals surface area contributed by atoms with E-state index in [1.54, 1.807) is 6.20 Å². The molecule has 1 N–H and O–H groups in total. The standard InChI is InChI=1S/C20H19Cl2N3/c21-15-3-5-17-19(7-8-23-20(17)12-15)24-16-4-6-18(22)14(11-16)13-25-9-1-2-10-25/h3-8,11-12H,1-2,9-10,13H2,(H,23,24). The first-order valence-electron chi connectivity index (χ1n) is 8.51. The molecule has 5 heteroatoms. The Bertz CT molecular complexity index is 905. The Balaban J connectivity index is 1.62. The molecule has 1 aliphatic rings. The van der Waals surface area contributed by atoms with Crippen molar-refractivity contribution in [3.63, 3.8) is 0 Å². The summed E-state index contributed by atoms with van der Waals surface area (Å²) in [4.78, 5) is 6.85. The normalized spacial score (nSPS) is 15.0. The third-order valence-corrected chi connectivity index (χ3v) is 5.23. The van der Waals surface area contributed by atoms with Crippen LogP contribution in [-0.2, 0) is 6.54 Å². The van der Waals surface area contributed by atoms with Gasteiger partial charge in [-0.1, -0.05) is 23.2 Å². The van der Waals surface area contributed by atoms with Crippen molar-refractivity contribution in [3.05, 3.63) is 64.3 Å². The molecule has 0 atom stereocenters. The highest BCUT2D eigenvalue weighted by Gasteiger charge is 2.14. The molecule has 0 spiro atoms. The minimum absolute atomic E-state index is 0.691. The Morgan fingerprint density at radius 3 is 2.68 bits per heavy atom. The molecule has 1 fully saturated rings. The topological polar surface area (TPSA) is 28.2 Å². The van der Waals surface area contributed by atoms with E-state index in [4.69, 9.17) is 23.2 Å². The van der Waals surface area contributed by atoms with Gasteiger partial charge < -0.3 is 5.32 Å². The Morgan fingerprint density at radius 2 is 1.84 bits per heavy atom. The number of likely N-dealkylation sites (tertiary alicyclic amines) is 1. The second-order valence-corrected chi connectivity index (χ2v) is 7.28. The fourth-order valence-electron chi connectivity index (χ4n) is 3.34. The van der Waals surface area contributed by atoms with Crippen LogP contribution in [0.2, 0.25) is 10.0 Å². The average Bonchev–Trinajstić information content (AvgIpc) is 3.11. The Hall–Kier alpha value is -1.81. The third-order valence-electron chi connectivity index (χ3n) is 4.62. The average molecular weight is 372 g/mol. The minimum Gasteiger partial charge on any atom is -0.355 e. The molecular weight excluding hydrogens is 353 g/mol. The van der Waals surface area contributed by atoms with Crippen LogP contribution < -0.4 is 5.32 Å². The van der Waals surface area contributed by atoms with Crippen molar-refractivity contribution in [1.29, 1.82) is 0 Å². The summed E-state index contributed by atoms with van der Waals surface area (Å²) >= 11 is 12.5. The lowest BCUT2D eigenvalue weighted by atomic mass is 10.1. The summed E-state index contributed by atoms with van der Waals surface area (Å²) in [7, 11) is 0. The molecule has 0 unspecified atom stereocenters. The van der Waals surface area contributed by atoms with Gasteiger partial charge in [0.1, 0.15) is 0 Å². The van der Waals surface area contributed by atoms with Gasteiger partial charge in [-0.3, -0.25) is 9.88 Å². The van der Waals surface area contributed by atoms with E-state index >= 15 is 0 Å². The van der Waals surface area contributed by atoms with Gasteiger partial charge >= 0.3 is 0 Å². The van der Waals surface area contributed by atoms with Crippen LogP contribution in [0.3, 0.4) is 0 Å². The molecule has 1 aromatic heterocycles. The van der Waals surface area contributed by atoms with Crippen LogP contribution in [0.5, 0.6) is 0 Å². The molecule has 2 heterocycles. The first kappa shape index (κ1) is 16.6. The molecule has 4 rings (SSSR count). The van der Waals surface area contributed by atoms with Crippen LogP contribution in [-0.4, -0.2) is 23.0 Å². The maximum Gasteiger partial charge on any atom is 0.0737 e. The third kappa shape index (κ3) is 3.74. The summed E-state index contributed by atoms with van der Waals surface area (Å²) in [6, 6.07) is 13.9. The number of fused-ring (bicyclic) bond motifs is 1. The van der Waals surface area contributed by atoms with E-state index in [0.29, 0.717) is 5.02 Å². The first-order valence-corrected chi connectivity index (χ1v) is 9.27. The van der Waals surface area contributed by atoms with Crippen LogP contribution in [0.1, 0.15) is 18.4 Å². The quantitative estimate of drug-likeness (QED) is 0.620. The van der Waals surface area contributed by atoms with E-state index in [2.05, 4.69) is 21.3 Å². The number of nitrogens with zero attached hydrogens (tertiary/aromatic N) is 2. The van der Waals surface area contributed by atoms with E-state index in [0.717, 1.165) is 52.5 Å². The van der Waals surface area contributed by atoms with Crippen molar-refractivity contribution in [1.82, 2.24) is 9.88 Å². The summed E-state index contributed by atoms with van der Waals surface area (Å²) in [5.74, 6) is 0. The van der Waals surface area contributed by atoms with Gasteiger partial charge in [0.25, 0.3) is 0 Å². The molecule has 2 aromatic carbocycles. The second-order valence-electron chi connectivity index (χ2n) is 6.43. The number of anilines is 2. The maximum atomic E-state index is 6.41. The summed E-state index contributed by atoms with van der Waals surface area (Å²) in [6.07, 6.45) is 4.35. The van der Waals surface area contributed by atoms with E-state index < -0.39 is 0 Å². The number of hydrogen-bond donors (Lipinski definition) is 1. The van der Waals surface area contributed by atoms with Crippen molar-refractivity contribution in [2.45, 2.75) is 19.4 Å². The molecule has 3 aromatic rings. The number of hydrogen-bond acceptors (Lipinski definition) is 3. The van der Waals surface area contributed by atoms with Crippen LogP contribution >= 0.6 is 23.2 Å². The number of aromatic nitrogens is 1. The van der Waals surface area contributed by atoms with Gasteiger partial charge in [0.15, 0.2) is 0 Å². The van der Waals surface area contributed by atoms with E-state index in [9.17, 15) is 0 Å². The zero-order valence-electron chi connectivity index (χ0n) is 13.8. The van der Waals surface area contributed by atoms with Crippen molar-refractivity contribution >= 4 is 45.5 Å². The van der Waals surface area contributed by atoms with Crippen LogP contribution in [0.15, 0.2) is 48.7 Å². The van der Waals surface area contributed by atoms with Crippen molar-refractivity contribution in [2.75, 3.05) is 18.4 Å². The van der Waals surface area contributed by atoms with Crippen LogP contribution in [0.25, 0.3) is 10.9 Å². The number of nitrogens with one attached hydrogen (secondary N) is 1. The zero-order valence-corrected chi connectivity index (χ0v) is 15.3. The predicted molar refractivity (Wildman–Crippen MR) is 106 cm³/mol. The number of benzene rings is 2. The smallest absolute Gasteiger partial charge is 0.0737 e. The van der Waals surface area contributed by atoms with Crippen LogP contribution in [0.4, 0.5) is 11.4 Å². The monoisotopic (exact) mass is 371 g/mol. The molecule has 1 aliphatic heterocycles. The lowest BCUT2D eigenvalue weighted by molar-refractivity contribution is 0.331. The van der Waals surface area contributed by atoms with Gasteiger partial charge in [-0.05, 0) is 74.0 Å². The van der Waals surface area contributed by atoms with Crippen LogP contribution in [0, 0.1) is 0 Å². The summed E-state index contributed by atoms with van der Waals surface area (Å²) in [5.41, 5.74) is 4.08. The van der Waals surface area contributed by atoms with Crippen molar-refractivity contribution in [2.24, 2.45) is 0 Å². The van der Waals surface area contributed by atoms with Gasteiger partial charge in [-0.15, -0.1) is 0 Å². The van der Waals surface area contributed by atoms with Gasteiger partial charge in [-0.2, -0.15) is 0 Å². The molecule has 25 heavy (non-hydrogen) atoms. The zero-order chi connectivity index (χ0) is 17.2. The van der Waals surface area contributed by atoms with Crippen molar-refractivity contribution < 1.29 is 0 Å². The van der Waals surface area contributed by atoms with Gasteiger partial charge in [-0.25, -0.2) is 0 Å². The Labute approximate surface area is 157 Å². The number of halogens is 2. The minimum atomic E-state index is 0.691. The van der Waals surface area contributed by atoms with Gasteiger partial charge in [0.05, 0.1) is 5.52 Å². The van der Waals surface area contributed by atoms with E-state index in [1.165, 1.54) is 12.8 Å². The molecule has 3 nitrogen and oxygen atoms in total. The second kappa shape index (κ2) is 7.20. The summed E-state index contributed by atoms with van der Waals surface area (Å²) in [5, 5.41) is 6.06. The summed E-state index contributed by atoms with van der Waals surface area (Å²) in [6.45, 7) is 3.22. The fourth-order valence-corrected chi connectivity index (χ4v) is 3.68. The van der Waals surface area contributed by atoms with Gasteiger partial charge in [0, 0.05) is 39.5 Å².